The van der Waals surface area contributed by atoms with E-state index in [1.54, 1.807) is 0 Å². The molecule has 0 unspecified atom stereocenters. The molecule has 1 aliphatic carbocycles. The van der Waals surface area contributed by atoms with E-state index < -0.39 is 0 Å². The zero-order valence-corrected chi connectivity index (χ0v) is 18.0. The van der Waals surface area contributed by atoms with Gasteiger partial charge in [-0.2, -0.15) is 0 Å². The van der Waals surface area contributed by atoms with Crippen molar-refractivity contribution < 1.29 is 0 Å². The lowest BCUT2D eigenvalue weighted by molar-refractivity contribution is 0.816. The maximum Gasteiger partial charge on any atom is 0.0452 e. The van der Waals surface area contributed by atoms with Gasteiger partial charge in [-0.25, -0.2) is 0 Å². The van der Waals surface area contributed by atoms with Crippen LogP contribution in [-0.2, 0) is 6.42 Å². The molecular formula is C24H23Cl2NS. The first-order valence-corrected chi connectivity index (χ1v) is 11.0. The molecule has 3 rings (SSSR count). The van der Waals surface area contributed by atoms with Crippen molar-refractivity contribution in [3.63, 3.8) is 0 Å². The van der Waals surface area contributed by atoms with Crippen LogP contribution in [0.4, 0.5) is 0 Å². The van der Waals surface area contributed by atoms with Gasteiger partial charge in [-0.05, 0) is 80.3 Å². The van der Waals surface area contributed by atoms with Gasteiger partial charge in [-0.15, -0.1) is 0 Å². The predicted octanol–water partition coefficient (Wildman–Crippen LogP) is 8.30. The number of nitrogens with zero attached hydrogens (tertiary/aromatic N) is 1. The lowest BCUT2D eigenvalue weighted by Gasteiger charge is -2.16. The summed E-state index contributed by atoms with van der Waals surface area (Å²) in [5, 5.41) is 1.40. The van der Waals surface area contributed by atoms with Crippen LogP contribution >= 0.6 is 35.0 Å². The third-order valence-corrected chi connectivity index (χ3v) is 6.51. The van der Waals surface area contributed by atoms with Crippen LogP contribution in [-0.4, -0.2) is 6.72 Å². The van der Waals surface area contributed by atoms with Crippen LogP contribution in [0.2, 0.25) is 10.0 Å². The molecule has 28 heavy (non-hydrogen) atoms. The van der Waals surface area contributed by atoms with Crippen LogP contribution in [0.5, 0.6) is 0 Å². The summed E-state index contributed by atoms with van der Waals surface area (Å²) < 4.78 is 0. The highest BCUT2D eigenvalue weighted by Gasteiger charge is 2.11. The standard InChI is InChI=1S/C24H23Cl2NS/c1-27-19(16-17-21-22(25)11-7-12-23(21)26)15-14-18-8-5-6-13-24(18)28-20-9-3-2-4-10-20/h2-4,7,9-15H,1,5-6,8,16-17H2/b18-14+,19-15-. The minimum Gasteiger partial charge on any atom is -0.269 e. The summed E-state index contributed by atoms with van der Waals surface area (Å²) in [6.07, 6.45) is 11.5. The SMILES string of the molecule is C=N/C(=C\C=C1/CCCC=C1Sc1ccccc1)CCc1c(Cl)cccc1Cl. The Bertz CT molecular complexity index is 893. The average Bonchev–Trinajstić information content (AvgIpc) is 2.71. The van der Waals surface area contributed by atoms with Crippen LogP contribution < -0.4 is 0 Å². The van der Waals surface area contributed by atoms with Crippen molar-refractivity contribution in [1.29, 1.82) is 0 Å². The van der Waals surface area contributed by atoms with E-state index in [1.807, 2.05) is 36.0 Å². The number of thioether (sulfide) groups is 1. The smallest absolute Gasteiger partial charge is 0.0452 e. The van der Waals surface area contributed by atoms with Crippen molar-refractivity contribution in [3.05, 3.63) is 98.5 Å². The van der Waals surface area contributed by atoms with E-state index in [-0.39, 0.29) is 0 Å². The van der Waals surface area contributed by atoms with E-state index >= 15 is 0 Å². The molecule has 0 heterocycles. The summed E-state index contributed by atoms with van der Waals surface area (Å²) in [5.74, 6) is 0. The fourth-order valence-corrected chi connectivity index (χ4v) is 4.74. The Morgan fingerprint density at radius 1 is 1.07 bits per heavy atom. The first-order valence-electron chi connectivity index (χ1n) is 9.40. The van der Waals surface area contributed by atoms with Gasteiger partial charge in [-0.3, -0.25) is 4.99 Å². The first kappa shape index (κ1) is 21.0. The van der Waals surface area contributed by atoms with Crippen molar-refractivity contribution in [2.45, 2.75) is 37.0 Å². The molecule has 144 valence electrons. The molecule has 0 saturated carbocycles. The van der Waals surface area contributed by atoms with Gasteiger partial charge in [0.15, 0.2) is 0 Å². The van der Waals surface area contributed by atoms with Gasteiger partial charge in [0.1, 0.15) is 0 Å². The molecule has 1 nitrogen and oxygen atoms in total. The van der Waals surface area contributed by atoms with Crippen molar-refractivity contribution in [2.75, 3.05) is 0 Å². The predicted molar refractivity (Wildman–Crippen MR) is 125 cm³/mol. The largest absolute Gasteiger partial charge is 0.269 e. The van der Waals surface area contributed by atoms with E-state index in [4.69, 9.17) is 23.2 Å². The van der Waals surface area contributed by atoms with Gasteiger partial charge in [0, 0.05) is 25.5 Å². The van der Waals surface area contributed by atoms with Crippen molar-refractivity contribution in [1.82, 2.24) is 0 Å². The minimum absolute atomic E-state index is 0.700. The number of hydrogen-bond donors (Lipinski definition) is 0. The fourth-order valence-electron chi connectivity index (χ4n) is 3.10. The summed E-state index contributed by atoms with van der Waals surface area (Å²) >= 11 is 14.4. The average molecular weight is 428 g/mol. The van der Waals surface area contributed by atoms with Crippen molar-refractivity contribution in [3.8, 4) is 0 Å². The Balaban J connectivity index is 1.72. The number of halogens is 2. The highest BCUT2D eigenvalue weighted by atomic mass is 35.5. The van der Waals surface area contributed by atoms with Gasteiger partial charge >= 0.3 is 0 Å². The third kappa shape index (κ3) is 5.88. The molecule has 0 saturated heterocycles. The van der Waals surface area contributed by atoms with Crippen LogP contribution in [0.1, 0.15) is 31.2 Å². The van der Waals surface area contributed by atoms with E-state index in [0.29, 0.717) is 10.0 Å². The van der Waals surface area contributed by atoms with E-state index in [0.717, 1.165) is 36.9 Å². The molecule has 0 spiro atoms. The molecule has 0 aliphatic heterocycles. The molecule has 1 aliphatic rings. The number of benzene rings is 2. The Morgan fingerprint density at radius 2 is 1.82 bits per heavy atom. The van der Waals surface area contributed by atoms with Gasteiger partial charge < -0.3 is 0 Å². The van der Waals surface area contributed by atoms with Gasteiger partial charge in [0.2, 0.25) is 0 Å². The van der Waals surface area contributed by atoms with Gasteiger partial charge in [-0.1, -0.05) is 71.4 Å². The molecule has 0 radical (unpaired) electrons. The zero-order valence-electron chi connectivity index (χ0n) is 15.7. The summed E-state index contributed by atoms with van der Waals surface area (Å²) in [4.78, 5) is 6.81. The van der Waals surface area contributed by atoms with Crippen LogP contribution in [0.15, 0.2) is 92.8 Å². The lowest BCUT2D eigenvalue weighted by atomic mass is 10.0. The van der Waals surface area contributed by atoms with Gasteiger partial charge in [0.05, 0.1) is 0 Å². The normalized spacial score (nSPS) is 16.1. The molecule has 2 aromatic carbocycles. The van der Waals surface area contributed by atoms with E-state index in [2.05, 4.69) is 54.2 Å². The maximum atomic E-state index is 6.28. The Hall–Kier alpha value is -1.74. The second-order valence-electron chi connectivity index (χ2n) is 6.58. The Labute approximate surface area is 181 Å². The second-order valence-corrected chi connectivity index (χ2v) is 8.51. The van der Waals surface area contributed by atoms with Crippen molar-refractivity contribution >= 4 is 41.7 Å². The molecular weight excluding hydrogens is 405 g/mol. The molecule has 0 atom stereocenters. The van der Waals surface area contributed by atoms with Gasteiger partial charge in [0.25, 0.3) is 0 Å². The molecule has 0 N–H and O–H groups in total. The Kier molecular flexibility index (Phi) is 8.02. The highest BCUT2D eigenvalue weighted by molar-refractivity contribution is 8.03. The maximum absolute atomic E-state index is 6.28. The lowest BCUT2D eigenvalue weighted by Crippen LogP contribution is -1.94. The molecule has 0 fully saturated rings. The molecule has 0 aromatic heterocycles. The molecule has 4 heteroatoms. The van der Waals surface area contributed by atoms with Crippen LogP contribution in [0.3, 0.4) is 0 Å². The minimum atomic E-state index is 0.700. The summed E-state index contributed by atoms with van der Waals surface area (Å²) in [6.45, 7) is 3.74. The fraction of sp³-hybridized carbons (Fsp3) is 0.208. The topological polar surface area (TPSA) is 12.4 Å². The first-order chi connectivity index (χ1) is 13.7. The summed E-state index contributed by atoms with van der Waals surface area (Å²) in [7, 11) is 0. The van der Waals surface area contributed by atoms with Crippen molar-refractivity contribution in [2.24, 2.45) is 4.99 Å². The third-order valence-electron chi connectivity index (χ3n) is 4.64. The molecule has 0 bridgehead atoms. The zero-order chi connectivity index (χ0) is 19.8. The molecule has 0 amide bonds. The Morgan fingerprint density at radius 3 is 2.54 bits per heavy atom. The van der Waals surface area contributed by atoms with E-state index in [1.165, 1.54) is 21.8 Å². The van der Waals surface area contributed by atoms with Crippen LogP contribution in [0, 0.1) is 0 Å². The quantitative estimate of drug-likeness (QED) is 0.404. The number of aliphatic imine (C=N–C) groups is 1. The molecule has 2 aromatic rings. The second kappa shape index (κ2) is 10.7. The number of hydrogen-bond acceptors (Lipinski definition) is 2. The monoisotopic (exact) mass is 427 g/mol. The summed E-state index contributed by atoms with van der Waals surface area (Å²) in [5.41, 5.74) is 3.26. The number of rotatable bonds is 7. The van der Waals surface area contributed by atoms with Crippen LogP contribution in [0.25, 0.3) is 0 Å². The highest BCUT2D eigenvalue weighted by Crippen LogP contribution is 2.37. The van der Waals surface area contributed by atoms with E-state index in [9.17, 15) is 0 Å². The number of allylic oxidation sites excluding steroid dienone is 5. The summed E-state index contributed by atoms with van der Waals surface area (Å²) in [6, 6.07) is 16.1.